The van der Waals surface area contributed by atoms with Gasteiger partial charge in [0.2, 0.25) is 5.91 Å². The molecule has 2 saturated heterocycles. The van der Waals surface area contributed by atoms with Gasteiger partial charge in [-0.1, -0.05) is 43.2 Å². The van der Waals surface area contributed by atoms with Crippen molar-refractivity contribution < 1.29 is 4.79 Å². The van der Waals surface area contributed by atoms with Crippen LogP contribution in [0.3, 0.4) is 0 Å². The van der Waals surface area contributed by atoms with Gasteiger partial charge >= 0.3 is 0 Å². The molecule has 1 amide bonds. The fourth-order valence-electron chi connectivity index (χ4n) is 5.55. The minimum atomic E-state index is -0.227. The van der Waals surface area contributed by atoms with Crippen LogP contribution in [0.4, 0.5) is 0 Å². The van der Waals surface area contributed by atoms with E-state index in [1.54, 1.807) is 6.07 Å². The zero-order valence-corrected chi connectivity index (χ0v) is 19.0. The number of carbonyl (C=O) groups is 1. The van der Waals surface area contributed by atoms with Crippen molar-refractivity contribution in [1.29, 1.82) is 0 Å². The number of likely N-dealkylation sites (N-methyl/N-ethyl adjacent to an activating group) is 1. The van der Waals surface area contributed by atoms with E-state index in [2.05, 4.69) is 53.1 Å². The lowest BCUT2D eigenvalue weighted by Crippen LogP contribution is -2.56. The second kappa shape index (κ2) is 8.95. The van der Waals surface area contributed by atoms with Gasteiger partial charge in [-0.25, -0.2) is 4.68 Å². The average molecular weight is 423 g/mol. The fraction of sp³-hybridized carbons (Fsp3) is 0.560. The summed E-state index contributed by atoms with van der Waals surface area (Å²) in [4.78, 5) is 30.6. The lowest BCUT2D eigenvalue weighted by atomic mass is 9.84. The molecule has 2 aliphatic heterocycles. The Bertz CT molecular complexity index is 973. The second-order valence-electron chi connectivity index (χ2n) is 9.46. The molecule has 31 heavy (non-hydrogen) atoms. The van der Waals surface area contributed by atoms with E-state index in [-0.39, 0.29) is 35.6 Å². The predicted octanol–water partition coefficient (Wildman–Crippen LogP) is 3.03. The molecule has 0 saturated carbocycles. The van der Waals surface area contributed by atoms with Gasteiger partial charge in [-0.05, 0) is 64.8 Å². The van der Waals surface area contributed by atoms with Gasteiger partial charge in [-0.15, -0.1) is 0 Å². The third-order valence-corrected chi connectivity index (χ3v) is 7.33. The molecule has 3 atom stereocenters. The summed E-state index contributed by atoms with van der Waals surface area (Å²) in [6.45, 7) is 5.23. The van der Waals surface area contributed by atoms with Crippen molar-refractivity contribution >= 4 is 5.91 Å². The first-order chi connectivity index (χ1) is 14.9. The molecule has 2 aromatic rings. The van der Waals surface area contributed by atoms with Crippen molar-refractivity contribution in [3.05, 3.63) is 64.1 Å². The second-order valence-corrected chi connectivity index (χ2v) is 9.46. The number of amides is 1. The molecule has 1 aromatic heterocycles. The molecule has 166 valence electrons. The van der Waals surface area contributed by atoms with Gasteiger partial charge < -0.3 is 4.90 Å². The largest absolute Gasteiger partial charge is 0.333 e. The number of nitrogens with zero attached hydrogens (tertiary/aromatic N) is 4. The normalized spacial score (nSPS) is 26.9. The molecule has 2 aliphatic rings. The summed E-state index contributed by atoms with van der Waals surface area (Å²) in [5.41, 5.74) is 1.71. The summed E-state index contributed by atoms with van der Waals surface area (Å²) in [5, 5.41) is 4.31. The van der Waals surface area contributed by atoms with Crippen molar-refractivity contribution in [2.45, 2.75) is 76.5 Å². The van der Waals surface area contributed by atoms with Crippen LogP contribution < -0.4 is 5.56 Å². The maximum atomic E-state index is 13.7. The zero-order valence-electron chi connectivity index (χ0n) is 19.0. The Morgan fingerprint density at radius 3 is 2.68 bits per heavy atom. The van der Waals surface area contributed by atoms with E-state index >= 15 is 0 Å². The molecule has 3 heterocycles. The summed E-state index contributed by atoms with van der Waals surface area (Å²) >= 11 is 0. The van der Waals surface area contributed by atoms with Crippen LogP contribution in [0.15, 0.2) is 47.3 Å². The number of fused-ring (bicyclic) bond motifs is 1. The minimum Gasteiger partial charge on any atom is -0.333 e. The van der Waals surface area contributed by atoms with Crippen LogP contribution in [0.25, 0.3) is 0 Å². The molecule has 6 nitrogen and oxygen atoms in total. The SMILES string of the molecule is Cc1ccc(=O)n(CC(=O)N2[C@H](Cc3ccccc3)C[C@@]3(C)[C@@H]2CCCCCN3C)n1. The zero-order chi connectivity index (χ0) is 22.0. The number of benzene rings is 1. The topological polar surface area (TPSA) is 58.4 Å². The quantitative estimate of drug-likeness (QED) is 0.760. The van der Waals surface area contributed by atoms with Crippen LogP contribution in [0.5, 0.6) is 0 Å². The maximum absolute atomic E-state index is 13.7. The standard InChI is InChI=1S/C25H34N4O2/c1-19-13-14-23(30)28(26-19)18-24(31)29-21(16-20-10-6-4-7-11-20)17-25(2)22(29)12-8-5-9-15-27(25)3/h4,6-7,10-11,13-14,21-22H,5,8-9,12,15-18H2,1-3H3/t21-,22+,25+/m1/s1. The number of aromatic nitrogens is 2. The van der Waals surface area contributed by atoms with Crippen LogP contribution in [0.2, 0.25) is 0 Å². The highest BCUT2D eigenvalue weighted by molar-refractivity contribution is 5.77. The Balaban J connectivity index is 1.67. The molecule has 0 aliphatic carbocycles. The predicted molar refractivity (Wildman–Crippen MR) is 122 cm³/mol. The molecular weight excluding hydrogens is 388 g/mol. The van der Waals surface area contributed by atoms with Crippen LogP contribution >= 0.6 is 0 Å². The van der Waals surface area contributed by atoms with E-state index in [9.17, 15) is 9.59 Å². The lowest BCUT2D eigenvalue weighted by Gasteiger charge is -2.43. The van der Waals surface area contributed by atoms with Crippen molar-refractivity contribution in [3.8, 4) is 0 Å². The summed E-state index contributed by atoms with van der Waals surface area (Å²) in [5.74, 6) is 0.00355. The van der Waals surface area contributed by atoms with E-state index in [1.807, 2.05) is 13.0 Å². The van der Waals surface area contributed by atoms with Gasteiger partial charge in [0, 0.05) is 17.6 Å². The third kappa shape index (κ3) is 4.45. The smallest absolute Gasteiger partial charge is 0.267 e. The number of hydrogen-bond donors (Lipinski definition) is 0. The Labute approximate surface area is 184 Å². The van der Waals surface area contributed by atoms with Gasteiger partial charge in [0.05, 0.1) is 11.7 Å². The minimum absolute atomic E-state index is 0.00208. The van der Waals surface area contributed by atoms with Crippen LogP contribution in [0.1, 0.15) is 50.3 Å². The first-order valence-electron chi connectivity index (χ1n) is 11.5. The monoisotopic (exact) mass is 422 g/mol. The molecule has 1 aromatic carbocycles. The number of carbonyl (C=O) groups excluding carboxylic acids is 1. The molecule has 2 fully saturated rings. The van der Waals surface area contributed by atoms with Crippen LogP contribution in [0, 0.1) is 6.92 Å². The van der Waals surface area contributed by atoms with Crippen molar-refractivity contribution in [1.82, 2.24) is 19.6 Å². The average Bonchev–Trinajstić information content (AvgIpc) is 3.02. The molecular formula is C25H34N4O2. The van der Waals surface area contributed by atoms with Crippen LogP contribution in [-0.2, 0) is 17.8 Å². The molecule has 0 unspecified atom stereocenters. The first-order valence-corrected chi connectivity index (χ1v) is 11.5. The highest BCUT2D eigenvalue weighted by Crippen LogP contribution is 2.42. The van der Waals surface area contributed by atoms with Gasteiger partial charge in [-0.2, -0.15) is 5.10 Å². The van der Waals surface area contributed by atoms with Gasteiger partial charge in [0.25, 0.3) is 5.56 Å². The molecule has 6 heteroatoms. The van der Waals surface area contributed by atoms with Crippen LogP contribution in [-0.4, -0.2) is 56.7 Å². The molecule has 0 N–H and O–H groups in total. The Hall–Kier alpha value is -2.47. The third-order valence-electron chi connectivity index (χ3n) is 7.33. The number of aryl methyl sites for hydroxylation is 1. The molecule has 0 bridgehead atoms. The summed E-state index contributed by atoms with van der Waals surface area (Å²) in [6, 6.07) is 13.9. The Morgan fingerprint density at radius 1 is 1.13 bits per heavy atom. The lowest BCUT2D eigenvalue weighted by molar-refractivity contribution is -0.136. The van der Waals surface area contributed by atoms with Crippen molar-refractivity contribution in [2.24, 2.45) is 0 Å². The summed E-state index contributed by atoms with van der Waals surface area (Å²) in [6.07, 6.45) is 6.33. The van der Waals surface area contributed by atoms with Crippen molar-refractivity contribution in [3.63, 3.8) is 0 Å². The number of likely N-dealkylation sites (tertiary alicyclic amines) is 2. The highest BCUT2D eigenvalue weighted by atomic mass is 16.2. The van der Waals surface area contributed by atoms with Gasteiger partial charge in [0.15, 0.2) is 0 Å². The van der Waals surface area contributed by atoms with E-state index in [1.165, 1.54) is 29.2 Å². The Morgan fingerprint density at radius 2 is 1.90 bits per heavy atom. The van der Waals surface area contributed by atoms with Gasteiger partial charge in [0.1, 0.15) is 6.54 Å². The molecule has 4 rings (SSSR count). The van der Waals surface area contributed by atoms with Gasteiger partial charge in [-0.3, -0.25) is 14.5 Å². The van der Waals surface area contributed by atoms with Crippen molar-refractivity contribution in [2.75, 3.05) is 13.6 Å². The summed E-state index contributed by atoms with van der Waals surface area (Å²) < 4.78 is 1.32. The first kappa shape index (κ1) is 21.8. The molecule has 0 spiro atoms. The summed E-state index contributed by atoms with van der Waals surface area (Å²) in [7, 11) is 2.21. The fourth-order valence-corrected chi connectivity index (χ4v) is 5.55. The number of rotatable bonds is 4. The van der Waals surface area contributed by atoms with E-state index in [4.69, 9.17) is 0 Å². The molecule has 0 radical (unpaired) electrons. The Kier molecular flexibility index (Phi) is 6.28. The van der Waals surface area contributed by atoms with E-state index < -0.39 is 0 Å². The maximum Gasteiger partial charge on any atom is 0.267 e. The highest BCUT2D eigenvalue weighted by Gasteiger charge is 2.52. The van der Waals surface area contributed by atoms with E-state index in [0.29, 0.717) is 0 Å². The number of hydrogen-bond acceptors (Lipinski definition) is 4. The van der Waals surface area contributed by atoms with E-state index in [0.717, 1.165) is 37.9 Å².